The molecule has 0 amide bonds. The average molecular weight is 208 g/mol. The molecule has 1 aromatic carbocycles. The minimum Gasteiger partial charge on any atom is -0.478 e. The van der Waals surface area contributed by atoms with Crippen molar-refractivity contribution in [3.05, 3.63) is 29.8 Å². The van der Waals surface area contributed by atoms with Crippen LogP contribution >= 0.6 is 11.8 Å². The Morgan fingerprint density at radius 3 is 2.64 bits per heavy atom. The molecule has 3 heteroatoms. The van der Waals surface area contributed by atoms with Crippen molar-refractivity contribution < 1.29 is 9.90 Å². The van der Waals surface area contributed by atoms with Crippen molar-refractivity contribution >= 4 is 17.7 Å². The fourth-order valence-corrected chi connectivity index (χ4v) is 2.78. The van der Waals surface area contributed by atoms with Gasteiger partial charge in [0.1, 0.15) is 0 Å². The summed E-state index contributed by atoms with van der Waals surface area (Å²) in [6.45, 7) is 0. The second kappa shape index (κ2) is 4.05. The van der Waals surface area contributed by atoms with E-state index in [9.17, 15) is 4.79 Å². The molecule has 0 atom stereocenters. The van der Waals surface area contributed by atoms with Gasteiger partial charge in [-0.25, -0.2) is 4.79 Å². The Morgan fingerprint density at radius 1 is 1.36 bits per heavy atom. The molecular weight excluding hydrogens is 196 g/mol. The van der Waals surface area contributed by atoms with Crippen LogP contribution in [0.15, 0.2) is 29.2 Å². The molecule has 1 aliphatic carbocycles. The van der Waals surface area contributed by atoms with Crippen LogP contribution in [-0.4, -0.2) is 16.3 Å². The van der Waals surface area contributed by atoms with Gasteiger partial charge in [0.15, 0.2) is 0 Å². The van der Waals surface area contributed by atoms with Crippen LogP contribution in [0.3, 0.4) is 0 Å². The molecule has 1 N–H and O–H groups in total. The first kappa shape index (κ1) is 9.59. The molecule has 0 radical (unpaired) electrons. The molecule has 2 rings (SSSR count). The summed E-state index contributed by atoms with van der Waals surface area (Å²) >= 11 is 1.70. The fourth-order valence-electron chi connectivity index (χ4n) is 1.41. The minimum absolute atomic E-state index is 0.435. The summed E-state index contributed by atoms with van der Waals surface area (Å²) in [7, 11) is 0. The van der Waals surface area contributed by atoms with Crippen LogP contribution in [0.25, 0.3) is 0 Å². The first-order valence-corrected chi connectivity index (χ1v) is 5.64. The maximum Gasteiger partial charge on any atom is 0.336 e. The summed E-state index contributed by atoms with van der Waals surface area (Å²) < 4.78 is 0. The van der Waals surface area contributed by atoms with E-state index in [1.165, 1.54) is 19.3 Å². The van der Waals surface area contributed by atoms with Gasteiger partial charge in [0.2, 0.25) is 0 Å². The zero-order valence-corrected chi connectivity index (χ0v) is 8.59. The molecule has 0 unspecified atom stereocenters. The van der Waals surface area contributed by atoms with Crippen molar-refractivity contribution in [1.82, 2.24) is 0 Å². The largest absolute Gasteiger partial charge is 0.478 e. The normalized spacial score (nSPS) is 16.3. The first-order chi connectivity index (χ1) is 6.77. The zero-order valence-electron chi connectivity index (χ0n) is 7.77. The van der Waals surface area contributed by atoms with E-state index in [0.29, 0.717) is 10.8 Å². The Labute approximate surface area is 87.3 Å². The molecule has 0 saturated heterocycles. The summed E-state index contributed by atoms with van der Waals surface area (Å²) in [6.07, 6.45) is 3.73. The number of rotatable bonds is 3. The molecule has 0 bridgehead atoms. The molecule has 0 heterocycles. The molecule has 0 spiro atoms. The van der Waals surface area contributed by atoms with E-state index >= 15 is 0 Å². The van der Waals surface area contributed by atoms with Gasteiger partial charge in [-0.05, 0) is 25.0 Å². The molecule has 2 nitrogen and oxygen atoms in total. The number of hydrogen-bond donors (Lipinski definition) is 1. The summed E-state index contributed by atoms with van der Waals surface area (Å²) in [5.74, 6) is -0.826. The van der Waals surface area contributed by atoms with Crippen molar-refractivity contribution in [3.63, 3.8) is 0 Å². The quantitative estimate of drug-likeness (QED) is 0.829. The number of hydrogen-bond acceptors (Lipinski definition) is 2. The highest BCUT2D eigenvalue weighted by atomic mass is 32.2. The van der Waals surface area contributed by atoms with Gasteiger partial charge in [-0.1, -0.05) is 18.6 Å². The highest BCUT2D eigenvalue weighted by molar-refractivity contribution is 8.00. The second-order valence-electron chi connectivity index (χ2n) is 3.47. The summed E-state index contributed by atoms with van der Waals surface area (Å²) in [5.41, 5.74) is 0.435. The fraction of sp³-hybridized carbons (Fsp3) is 0.364. The van der Waals surface area contributed by atoms with Crippen LogP contribution in [-0.2, 0) is 0 Å². The van der Waals surface area contributed by atoms with Crippen molar-refractivity contribution in [1.29, 1.82) is 0 Å². The van der Waals surface area contributed by atoms with Crippen molar-refractivity contribution in [2.75, 3.05) is 0 Å². The minimum atomic E-state index is -0.826. The van der Waals surface area contributed by atoms with E-state index in [0.717, 1.165) is 4.90 Å². The third-order valence-corrected chi connectivity index (χ3v) is 3.88. The standard InChI is InChI=1S/C11H12O2S/c12-11(13)9-6-1-2-7-10(9)14-8-4-3-5-8/h1-2,6-8H,3-5H2,(H,12,13). The first-order valence-electron chi connectivity index (χ1n) is 4.76. The molecule has 1 fully saturated rings. The van der Waals surface area contributed by atoms with Crippen LogP contribution in [0.2, 0.25) is 0 Å². The lowest BCUT2D eigenvalue weighted by atomic mass is 10.00. The molecule has 0 aromatic heterocycles. The Bertz CT molecular complexity index is 345. The maximum absolute atomic E-state index is 10.9. The van der Waals surface area contributed by atoms with Gasteiger partial charge >= 0.3 is 5.97 Å². The summed E-state index contributed by atoms with van der Waals surface area (Å²) in [4.78, 5) is 11.8. The number of aromatic carboxylic acids is 1. The van der Waals surface area contributed by atoms with E-state index < -0.39 is 5.97 Å². The highest BCUT2D eigenvalue weighted by Crippen LogP contribution is 2.37. The predicted octanol–water partition coefficient (Wildman–Crippen LogP) is 3.03. The van der Waals surface area contributed by atoms with Gasteiger partial charge in [0, 0.05) is 10.1 Å². The van der Waals surface area contributed by atoms with E-state index in [-0.39, 0.29) is 0 Å². The Morgan fingerprint density at radius 2 is 2.07 bits per heavy atom. The topological polar surface area (TPSA) is 37.3 Å². The second-order valence-corrected chi connectivity index (χ2v) is 4.81. The summed E-state index contributed by atoms with van der Waals surface area (Å²) in [6, 6.07) is 7.23. The van der Waals surface area contributed by atoms with Gasteiger partial charge in [-0.2, -0.15) is 0 Å². The van der Waals surface area contributed by atoms with Crippen molar-refractivity contribution in [2.24, 2.45) is 0 Å². The average Bonchev–Trinajstić information content (AvgIpc) is 2.12. The number of carboxylic acids is 1. The number of thioether (sulfide) groups is 1. The third-order valence-electron chi connectivity index (χ3n) is 2.46. The molecule has 1 saturated carbocycles. The lowest BCUT2D eigenvalue weighted by Gasteiger charge is -2.25. The van der Waals surface area contributed by atoms with Crippen LogP contribution in [0.5, 0.6) is 0 Å². The predicted molar refractivity (Wildman–Crippen MR) is 56.9 cm³/mol. The Kier molecular flexibility index (Phi) is 2.77. The van der Waals surface area contributed by atoms with Crippen LogP contribution in [0, 0.1) is 0 Å². The number of carboxylic acid groups (broad SMARTS) is 1. The highest BCUT2D eigenvalue weighted by Gasteiger charge is 2.20. The van der Waals surface area contributed by atoms with Crippen LogP contribution in [0.4, 0.5) is 0 Å². The zero-order chi connectivity index (χ0) is 9.97. The lowest BCUT2D eigenvalue weighted by molar-refractivity contribution is 0.0693. The molecule has 14 heavy (non-hydrogen) atoms. The van der Waals surface area contributed by atoms with E-state index in [1.54, 1.807) is 23.9 Å². The van der Waals surface area contributed by atoms with E-state index in [4.69, 9.17) is 5.11 Å². The van der Waals surface area contributed by atoms with Gasteiger partial charge in [0.25, 0.3) is 0 Å². The third kappa shape index (κ3) is 1.93. The number of benzene rings is 1. The molecular formula is C11H12O2S. The van der Waals surface area contributed by atoms with Crippen molar-refractivity contribution in [3.8, 4) is 0 Å². The van der Waals surface area contributed by atoms with Gasteiger partial charge in [-0.15, -0.1) is 11.8 Å². The monoisotopic (exact) mass is 208 g/mol. The van der Waals surface area contributed by atoms with Crippen LogP contribution in [0.1, 0.15) is 29.6 Å². The molecule has 1 aromatic rings. The Hall–Kier alpha value is -0.960. The molecule has 74 valence electrons. The van der Waals surface area contributed by atoms with Gasteiger partial charge in [0.05, 0.1) is 5.56 Å². The van der Waals surface area contributed by atoms with E-state index in [2.05, 4.69) is 0 Å². The van der Waals surface area contributed by atoms with Gasteiger partial charge < -0.3 is 5.11 Å². The SMILES string of the molecule is O=C(O)c1ccccc1SC1CCC1. The van der Waals surface area contributed by atoms with Gasteiger partial charge in [-0.3, -0.25) is 0 Å². The van der Waals surface area contributed by atoms with E-state index in [1.807, 2.05) is 12.1 Å². The number of carbonyl (C=O) groups is 1. The molecule has 1 aliphatic rings. The smallest absolute Gasteiger partial charge is 0.336 e. The van der Waals surface area contributed by atoms with Crippen molar-refractivity contribution in [2.45, 2.75) is 29.4 Å². The Balaban J connectivity index is 2.17. The maximum atomic E-state index is 10.9. The molecule has 0 aliphatic heterocycles. The summed E-state index contributed by atoms with van der Waals surface area (Å²) in [5, 5.41) is 9.59. The van der Waals surface area contributed by atoms with Crippen LogP contribution < -0.4 is 0 Å². The lowest BCUT2D eigenvalue weighted by Crippen LogP contribution is -2.13.